The molecular weight excluding hydrogens is 155 g/mol. The molecule has 0 amide bonds. The predicted octanol–water partition coefficient (Wildman–Crippen LogP) is -0.951. The van der Waals surface area contributed by atoms with Crippen molar-refractivity contribution in [2.75, 3.05) is 13.8 Å². The summed E-state index contributed by atoms with van der Waals surface area (Å²) >= 11 is 0. The summed E-state index contributed by atoms with van der Waals surface area (Å²) in [4.78, 5) is 0. The molecule has 1 heterocycles. The Balaban J connectivity index is 2.53. The molecule has 0 bridgehead atoms. The Morgan fingerprint density at radius 2 is 2.09 bits per heavy atom. The molecule has 4 nitrogen and oxygen atoms in total. The third kappa shape index (κ3) is 1.51. The third-order valence-corrected chi connectivity index (χ3v) is 1.70. The second kappa shape index (κ2) is 3.44. The number of hydrogen-bond acceptors (Lipinski definition) is 4. The van der Waals surface area contributed by atoms with E-state index in [-0.39, 0.29) is 0 Å². The molecule has 11 heavy (non-hydrogen) atoms. The summed E-state index contributed by atoms with van der Waals surface area (Å²) in [6, 6.07) is 0. The molecular formula is C6H11FO4. The van der Waals surface area contributed by atoms with Crippen molar-refractivity contribution in [2.45, 2.75) is 24.6 Å². The summed E-state index contributed by atoms with van der Waals surface area (Å²) in [5.74, 6) is 0. The van der Waals surface area contributed by atoms with Crippen molar-refractivity contribution in [1.82, 2.24) is 0 Å². The minimum atomic E-state index is -1.19. The van der Waals surface area contributed by atoms with Gasteiger partial charge in [-0.3, -0.25) is 0 Å². The summed E-state index contributed by atoms with van der Waals surface area (Å²) in [5.41, 5.74) is 0. The molecule has 1 aliphatic rings. The van der Waals surface area contributed by atoms with Crippen LogP contribution in [0.25, 0.3) is 0 Å². The van der Waals surface area contributed by atoms with Crippen LogP contribution in [0.4, 0.5) is 4.39 Å². The van der Waals surface area contributed by atoms with Crippen LogP contribution in [0.2, 0.25) is 0 Å². The number of methoxy groups -OCH3 is 1. The molecule has 0 aromatic rings. The normalized spacial score (nSPS) is 44.7. The zero-order chi connectivity index (χ0) is 8.43. The first kappa shape index (κ1) is 8.86. The van der Waals surface area contributed by atoms with Crippen LogP contribution in [0.3, 0.4) is 0 Å². The van der Waals surface area contributed by atoms with E-state index in [2.05, 4.69) is 4.74 Å². The fourth-order valence-corrected chi connectivity index (χ4v) is 1.04. The number of alkyl halides is 1. The van der Waals surface area contributed by atoms with Crippen molar-refractivity contribution < 1.29 is 24.1 Å². The van der Waals surface area contributed by atoms with Gasteiger partial charge in [0.05, 0.1) is 0 Å². The number of ether oxygens (including phenoxy) is 2. The summed E-state index contributed by atoms with van der Waals surface area (Å²) < 4.78 is 21.4. The molecule has 1 aliphatic heterocycles. The lowest BCUT2D eigenvalue weighted by molar-refractivity contribution is -0.150. The Morgan fingerprint density at radius 3 is 2.36 bits per heavy atom. The molecule has 4 atom stereocenters. The molecule has 0 spiro atoms. The Hall–Kier alpha value is -0.230. The number of rotatable bonds is 2. The van der Waals surface area contributed by atoms with Crippen LogP contribution in [-0.4, -0.2) is 48.6 Å². The van der Waals surface area contributed by atoms with E-state index < -0.39 is 31.3 Å². The smallest absolute Gasteiger partial charge is 0.186 e. The second-order valence-corrected chi connectivity index (χ2v) is 2.41. The molecule has 66 valence electrons. The lowest BCUT2D eigenvalue weighted by Crippen LogP contribution is -2.33. The van der Waals surface area contributed by atoms with Crippen LogP contribution >= 0.6 is 0 Å². The maximum atomic E-state index is 12.0. The van der Waals surface area contributed by atoms with Crippen LogP contribution in [0, 0.1) is 0 Å². The molecule has 1 fully saturated rings. The second-order valence-electron chi connectivity index (χ2n) is 2.41. The molecule has 2 N–H and O–H groups in total. The van der Waals surface area contributed by atoms with E-state index in [1.54, 1.807) is 0 Å². The zero-order valence-corrected chi connectivity index (χ0v) is 6.11. The largest absolute Gasteiger partial charge is 0.387 e. The first-order valence-electron chi connectivity index (χ1n) is 3.31. The molecule has 5 heteroatoms. The van der Waals surface area contributed by atoms with E-state index in [0.29, 0.717) is 0 Å². The summed E-state index contributed by atoms with van der Waals surface area (Å²) in [7, 11) is 1.32. The Bertz CT molecular complexity index is 114. The third-order valence-electron chi connectivity index (χ3n) is 1.70. The zero-order valence-electron chi connectivity index (χ0n) is 6.11. The Labute approximate surface area is 63.5 Å². The van der Waals surface area contributed by atoms with Crippen molar-refractivity contribution in [3.8, 4) is 0 Å². The number of halogens is 1. The van der Waals surface area contributed by atoms with Crippen molar-refractivity contribution in [3.63, 3.8) is 0 Å². The predicted molar refractivity (Wildman–Crippen MR) is 33.7 cm³/mol. The Morgan fingerprint density at radius 1 is 1.45 bits per heavy atom. The first-order valence-corrected chi connectivity index (χ1v) is 3.31. The first-order chi connectivity index (χ1) is 5.20. The number of aliphatic hydroxyl groups excluding tert-OH is 2. The van der Waals surface area contributed by atoms with Gasteiger partial charge >= 0.3 is 0 Å². The van der Waals surface area contributed by atoms with E-state index in [9.17, 15) is 4.39 Å². The van der Waals surface area contributed by atoms with Crippen LogP contribution in [0.15, 0.2) is 0 Å². The Kier molecular flexibility index (Phi) is 2.78. The summed E-state index contributed by atoms with van der Waals surface area (Å²) in [5, 5.41) is 18.2. The molecule has 0 unspecified atom stereocenters. The van der Waals surface area contributed by atoms with Crippen molar-refractivity contribution >= 4 is 0 Å². The van der Waals surface area contributed by atoms with Crippen LogP contribution in [-0.2, 0) is 9.47 Å². The molecule has 0 aromatic carbocycles. The topological polar surface area (TPSA) is 58.9 Å². The molecule has 0 aromatic heterocycles. The van der Waals surface area contributed by atoms with Crippen LogP contribution in [0.5, 0.6) is 0 Å². The van der Waals surface area contributed by atoms with E-state index >= 15 is 0 Å². The standard InChI is InChI=1S/C6H11FO4/c1-10-6-5(9)4(8)3(2-7)11-6/h3-6,8-9H,2H2,1H3/t3-,4-,5-,6+/m1/s1. The highest BCUT2D eigenvalue weighted by Crippen LogP contribution is 2.21. The molecule has 0 radical (unpaired) electrons. The highest BCUT2D eigenvalue weighted by molar-refractivity contribution is 4.85. The van der Waals surface area contributed by atoms with Gasteiger partial charge in [0, 0.05) is 7.11 Å². The molecule has 1 rings (SSSR count). The van der Waals surface area contributed by atoms with Crippen molar-refractivity contribution in [3.05, 3.63) is 0 Å². The average molecular weight is 166 g/mol. The summed E-state index contributed by atoms with van der Waals surface area (Å²) in [6.45, 7) is -0.821. The van der Waals surface area contributed by atoms with Crippen molar-refractivity contribution in [2.24, 2.45) is 0 Å². The maximum Gasteiger partial charge on any atom is 0.186 e. The maximum absolute atomic E-state index is 12.0. The quantitative estimate of drug-likeness (QED) is 0.555. The molecule has 1 saturated heterocycles. The van der Waals surface area contributed by atoms with E-state index in [0.717, 1.165) is 0 Å². The van der Waals surface area contributed by atoms with Gasteiger partial charge in [-0.1, -0.05) is 0 Å². The van der Waals surface area contributed by atoms with Gasteiger partial charge in [-0.05, 0) is 0 Å². The fraction of sp³-hybridized carbons (Fsp3) is 1.00. The number of hydrogen-bond donors (Lipinski definition) is 2. The number of aliphatic hydroxyl groups is 2. The van der Waals surface area contributed by atoms with Gasteiger partial charge in [0.1, 0.15) is 25.0 Å². The highest BCUT2D eigenvalue weighted by Gasteiger charge is 2.42. The minimum absolute atomic E-state index is 0.821. The van der Waals surface area contributed by atoms with Gasteiger partial charge in [0.25, 0.3) is 0 Å². The lowest BCUT2D eigenvalue weighted by Gasteiger charge is -2.11. The lowest BCUT2D eigenvalue weighted by atomic mass is 10.1. The average Bonchev–Trinajstić information content (AvgIpc) is 2.30. The van der Waals surface area contributed by atoms with Gasteiger partial charge < -0.3 is 19.7 Å². The monoisotopic (exact) mass is 166 g/mol. The fourth-order valence-electron chi connectivity index (χ4n) is 1.04. The minimum Gasteiger partial charge on any atom is -0.387 e. The van der Waals surface area contributed by atoms with E-state index in [1.807, 2.05) is 0 Å². The van der Waals surface area contributed by atoms with Gasteiger partial charge in [-0.25, -0.2) is 4.39 Å². The molecule has 0 aliphatic carbocycles. The van der Waals surface area contributed by atoms with Crippen LogP contribution in [0.1, 0.15) is 0 Å². The molecule has 0 saturated carbocycles. The van der Waals surface area contributed by atoms with E-state index in [1.165, 1.54) is 7.11 Å². The van der Waals surface area contributed by atoms with Gasteiger partial charge in [0.15, 0.2) is 6.29 Å². The van der Waals surface area contributed by atoms with Gasteiger partial charge in [-0.15, -0.1) is 0 Å². The van der Waals surface area contributed by atoms with Crippen LogP contribution < -0.4 is 0 Å². The summed E-state index contributed by atoms with van der Waals surface area (Å²) in [6.07, 6.45) is -4.22. The van der Waals surface area contributed by atoms with E-state index in [4.69, 9.17) is 14.9 Å². The highest BCUT2D eigenvalue weighted by atomic mass is 19.1. The SMILES string of the molecule is CO[C@H]1O[C@H](CF)[C@@H](O)[C@H]1O. The van der Waals surface area contributed by atoms with Crippen molar-refractivity contribution in [1.29, 1.82) is 0 Å². The van der Waals surface area contributed by atoms with Gasteiger partial charge in [-0.2, -0.15) is 0 Å². The van der Waals surface area contributed by atoms with Gasteiger partial charge in [0.2, 0.25) is 0 Å².